The first-order valence-electron chi connectivity index (χ1n) is 5.54. The molecule has 0 aliphatic carbocycles. The quantitative estimate of drug-likeness (QED) is 0.779. The van der Waals surface area contributed by atoms with Gasteiger partial charge in [-0.3, -0.25) is 0 Å². The molecule has 2 rings (SSSR count). The Kier molecular flexibility index (Phi) is 3.49. The van der Waals surface area contributed by atoms with E-state index in [1.807, 2.05) is 0 Å². The molecule has 1 aromatic carbocycles. The van der Waals surface area contributed by atoms with Gasteiger partial charge in [-0.05, 0) is 25.0 Å². The van der Waals surface area contributed by atoms with Gasteiger partial charge in [0.2, 0.25) is 0 Å². The van der Waals surface area contributed by atoms with Gasteiger partial charge in [0.05, 0.1) is 12.3 Å². The third kappa shape index (κ3) is 2.68. The Morgan fingerprint density at radius 3 is 3.00 bits per heavy atom. The average molecular weight is 237 g/mol. The second kappa shape index (κ2) is 5.05. The highest BCUT2D eigenvalue weighted by molar-refractivity contribution is 5.93. The standard InChI is InChI=1S/C12H15NO4/c13-10-5-1-4-9(12(14)15)11(10)17-8-3-2-6-16-7-8/h1,4-5,8H,2-3,6-7,13H2,(H,14,15). The monoisotopic (exact) mass is 237 g/mol. The fraction of sp³-hybridized carbons (Fsp3) is 0.417. The molecule has 1 unspecified atom stereocenters. The first kappa shape index (κ1) is 11.7. The molecular formula is C12H15NO4. The van der Waals surface area contributed by atoms with Crippen LogP contribution in [-0.4, -0.2) is 30.4 Å². The van der Waals surface area contributed by atoms with Crippen LogP contribution in [0.2, 0.25) is 0 Å². The van der Waals surface area contributed by atoms with Crippen LogP contribution in [-0.2, 0) is 4.74 Å². The van der Waals surface area contributed by atoms with Crippen LogP contribution in [0.1, 0.15) is 23.2 Å². The van der Waals surface area contributed by atoms with Crippen molar-refractivity contribution < 1.29 is 19.4 Å². The van der Waals surface area contributed by atoms with Gasteiger partial charge in [0, 0.05) is 6.61 Å². The topological polar surface area (TPSA) is 81.8 Å². The van der Waals surface area contributed by atoms with Crippen LogP contribution < -0.4 is 10.5 Å². The Balaban J connectivity index is 2.21. The molecule has 0 radical (unpaired) electrons. The molecule has 5 nitrogen and oxygen atoms in total. The number of carboxylic acid groups (broad SMARTS) is 1. The molecule has 17 heavy (non-hydrogen) atoms. The number of anilines is 1. The van der Waals surface area contributed by atoms with E-state index in [-0.39, 0.29) is 17.4 Å². The first-order valence-corrected chi connectivity index (χ1v) is 5.54. The number of aromatic carboxylic acids is 1. The summed E-state index contributed by atoms with van der Waals surface area (Å²) < 4.78 is 10.9. The number of hydrogen-bond acceptors (Lipinski definition) is 4. The maximum atomic E-state index is 11.0. The van der Waals surface area contributed by atoms with Gasteiger partial charge in [0.1, 0.15) is 11.7 Å². The number of hydrogen-bond donors (Lipinski definition) is 2. The summed E-state index contributed by atoms with van der Waals surface area (Å²) in [4.78, 5) is 11.0. The fourth-order valence-electron chi connectivity index (χ4n) is 1.83. The van der Waals surface area contributed by atoms with Crippen LogP contribution >= 0.6 is 0 Å². The minimum absolute atomic E-state index is 0.0931. The van der Waals surface area contributed by atoms with Crippen LogP contribution in [0.4, 0.5) is 5.69 Å². The van der Waals surface area contributed by atoms with Crippen molar-refractivity contribution in [1.29, 1.82) is 0 Å². The second-order valence-electron chi connectivity index (χ2n) is 3.99. The zero-order valence-electron chi connectivity index (χ0n) is 9.39. The van der Waals surface area contributed by atoms with Crippen LogP contribution in [0, 0.1) is 0 Å². The summed E-state index contributed by atoms with van der Waals surface area (Å²) >= 11 is 0. The van der Waals surface area contributed by atoms with E-state index in [4.69, 9.17) is 20.3 Å². The Bertz CT molecular complexity index is 413. The van der Waals surface area contributed by atoms with Gasteiger partial charge in [-0.25, -0.2) is 4.79 Å². The van der Waals surface area contributed by atoms with E-state index in [1.165, 1.54) is 6.07 Å². The Morgan fingerprint density at radius 2 is 2.35 bits per heavy atom. The molecule has 1 aliphatic heterocycles. The molecular weight excluding hydrogens is 222 g/mol. The number of ether oxygens (including phenoxy) is 2. The van der Waals surface area contributed by atoms with E-state index in [0.717, 1.165) is 19.4 Å². The third-order valence-corrected chi connectivity index (χ3v) is 2.68. The van der Waals surface area contributed by atoms with Gasteiger partial charge >= 0.3 is 5.97 Å². The van der Waals surface area contributed by atoms with Gasteiger partial charge in [-0.2, -0.15) is 0 Å². The summed E-state index contributed by atoms with van der Waals surface area (Å²) in [6, 6.07) is 4.71. The van der Waals surface area contributed by atoms with Crippen LogP contribution in [0.5, 0.6) is 5.75 Å². The zero-order chi connectivity index (χ0) is 12.3. The zero-order valence-corrected chi connectivity index (χ0v) is 9.39. The van der Waals surface area contributed by atoms with Crippen molar-refractivity contribution in [2.45, 2.75) is 18.9 Å². The molecule has 1 fully saturated rings. The largest absolute Gasteiger partial charge is 0.485 e. The highest BCUT2D eigenvalue weighted by Gasteiger charge is 2.20. The lowest BCUT2D eigenvalue weighted by atomic mass is 10.1. The highest BCUT2D eigenvalue weighted by Crippen LogP contribution is 2.28. The van der Waals surface area contributed by atoms with Gasteiger partial charge in [-0.1, -0.05) is 6.07 Å². The number of nitrogen functional groups attached to an aromatic ring is 1. The van der Waals surface area contributed by atoms with Gasteiger partial charge in [-0.15, -0.1) is 0 Å². The molecule has 1 saturated heterocycles. The van der Waals surface area contributed by atoms with Crippen LogP contribution in [0.15, 0.2) is 18.2 Å². The summed E-state index contributed by atoms with van der Waals surface area (Å²) in [6.45, 7) is 1.21. The lowest BCUT2D eigenvalue weighted by molar-refractivity contribution is 0.00712. The fourth-order valence-corrected chi connectivity index (χ4v) is 1.83. The lowest BCUT2D eigenvalue weighted by Crippen LogP contribution is -2.29. The smallest absolute Gasteiger partial charge is 0.339 e. The number of nitrogens with two attached hydrogens (primary N) is 1. The molecule has 1 atom stereocenters. The summed E-state index contributed by atoms with van der Waals surface area (Å²) in [6.07, 6.45) is 1.65. The number of carbonyl (C=O) groups is 1. The van der Waals surface area contributed by atoms with E-state index in [9.17, 15) is 4.79 Å². The van der Waals surface area contributed by atoms with Crippen molar-refractivity contribution in [3.8, 4) is 5.75 Å². The van der Waals surface area contributed by atoms with Gasteiger partial charge in [0.25, 0.3) is 0 Å². The molecule has 92 valence electrons. The van der Waals surface area contributed by atoms with Crippen LogP contribution in [0.3, 0.4) is 0 Å². The first-order chi connectivity index (χ1) is 8.18. The van der Waals surface area contributed by atoms with Crippen molar-refractivity contribution in [2.75, 3.05) is 18.9 Å². The predicted molar refractivity (Wildman–Crippen MR) is 62.3 cm³/mol. The van der Waals surface area contributed by atoms with E-state index >= 15 is 0 Å². The molecule has 1 aromatic rings. The molecule has 5 heteroatoms. The van der Waals surface area contributed by atoms with E-state index in [1.54, 1.807) is 12.1 Å². The molecule has 0 spiro atoms. The maximum Gasteiger partial charge on any atom is 0.339 e. The molecule has 1 heterocycles. The summed E-state index contributed by atoms with van der Waals surface area (Å²) in [7, 11) is 0. The molecule has 1 aliphatic rings. The number of para-hydroxylation sites is 1. The summed E-state index contributed by atoms with van der Waals surface area (Å²) in [5.41, 5.74) is 6.18. The van der Waals surface area contributed by atoms with Crippen molar-refractivity contribution in [3.63, 3.8) is 0 Å². The van der Waals surface area contributed by atoms with Crippen molar-refractivity contribution in [3.05, 3.63) is 23.8 Å². The second-order valence-corrected chi connectivity index (χ2v) is 3.99. The van der Waals surface area contributed by atoms with E-state index in [0.29, 0.717) is 12.3 Å². The third-order valence-electron chi connectivity index (χ3n) is 2.68. The van der Waals surface area contributed by atoms with Crippen LogP contribution in [0.25, 0.3) is 0 Å². The van der Waals surface area contributed by atoms with Gasteiger partial charge < -0.3 is 20.3 Å². The number of rotatable bonds is 3. The molecule has 0 amide bonds. The number of carboxylic acids is 1. The predicted octanol–water partition coefficient (Wildman–Crippen LogP) is 1.52. The van der Waals surface area contributed by atoms with E-state index < -0.39 is 5.97 Å². The van der Waals surface area contributed by atoms with Crippen molar-refractivity contribution >= 4 is 11.7 Å². The number of benzene rings is 1. The van der Waals surface area contributed by atoms with E-state index in [2.05, 4.69) is 0 Å². The summed E-state index contributed by atoms with van der Waals surface area (Å²) in [5, 5.41) is 9.05. The Morgan fingerprint density at radius 1 is 1.53 bits per heavy atom. The molecule has 0 bridgehead atoms. The van der Waals surface area contributed by atoms with Crippen molar-refractivity contribution in [1.82, 2.24) is 0 Å². The minimum Gasteiger partial charge on any atom is -0.485 e. The molecule has 0 saturated carbocycles. The SMILES string of the molecule is Nc1cccc(C(=O)O)c1OC1CCCOC1. The highest BCUT2D eigenvalue weighted by atomic mass is 16.5. The van der Waals surface area contributed by atoms with Gasteiger partial charge in [0.15, 0.2) is 5.75 Å². The summed E-state index contributed by atoms with van der Waals surface area (Å²) in [5.74, 6) is -0.792. The van der Waals surface area contributed by atoms with Crippen molar-refractivity contribution in [2.24, 2.45) is 0 Å². The molecule has 0 aromatic heterocycles. The molecule has 3 N–H and O–H groups in total. The lowest BCUT2D eigenvalue weighted by Gasteiger charge is -2.24. The minimum atomic E-state index is -1.04. The average Bonchev–Trinajstić information content (AvgIpc) is 2.33. The normalized spacial score (nSPS) is 19.9. The Labute approximate surface area is 99.1 Å². The Hall–Kier alpha value is -1.75. The maximum absolute atomic E-state index is 11.0.